The molecule has 0 atom stereocenters. The number of aromatic nitrogens is 3. The molecule has 0 bridgehead atoms. The fourth-order valence-corrected chi connectivity index (χ4v) is 2.36. The SMILES string of the molecule is CN(Cc1noc(CN)n1)Cc1nc(C(F)(F)F)cs1. The lowest BCUT2D eigenvalue weighted by atomic mass is 10.4. The van der Waals surface area contributed by atoms with Crippen LogP contribution in [-0.4, -0.2) is 27.1 Å². The summed E-state index contributed by atoms with van der Waals surface area (Å²) in [6, 6.07) is 0. The third-order valence-corrected chi connectivity index (χ3v) is 3.18. The third-order valence-electron chi connectivity index (χ3n) is 2.34. The lowest BCUT2D eigenvalue weighted by Crippen LogP contribution is -2.18. The van der Waals surface area contributed by atoms with Gasteiger partial charge in [0.05, 0.1) is 19.6 Å². The van der Waals surface area contributed by atoms with E-state index in [1.165, 1.54) is 0 Å². The monoisotopic (exact) mass is 307 g/mol. The van der Waals surface area contributed by atoms with Crippen LogP contribution in [0.1, 0.15) is 22.4 Å². The van der Waals surface area contributed by atoms with Crippen LogP contribution in [-0.2, 0) is 25.8 Å². The first-order chi connectivity index (χ1) is 9.38. The van der Waals surface area contributed by atoms with Crippen molar-refractivity contribution in [3.8, 4) is 0 Å². The van der Waals surface area contributed by atoms with Crippen LogP contribution in [0.3, 0.4) is 0 Å². The number of nitrogens with zero attached hydrogens (tertiary/aromatic N) is 4. The summed E-state index contributed by atoms with van der Waals surface area (Å²) in [6.45, 7) is 0.760. The van der Waals surface area contributed by atoms with Crippen LogP contribution in [0.2, 0.25) is 0 Å². The highest BCUT2D eigenvalue weighted by Gasteiger charge is 2.33. The number of rotatable bonds is 5. The predicted molar refractivity (Wildman–Crippen MR) is 64.5 cm³/mol. The quantitative estimate of drug-likeness (QED) is 0.904. The largest absolute Gasteiger partial charge is 0.434 e. The first kappa shape index (κ1) is 14.9. The fourth-order valence-electron chi connectivity index (χ4n) is 1.48. The minimum atomic E-state index is -4.41. The van der Waals surface area contributed by atoms with Gasteiger partial charge >= 0.3 is 6.18 Å². The van der Waals surface area contributed by atoms with Gasteiger partial charge in [-0.15, -0.1) is 11.3 Å². The summed E-state index contributed by atoms with van der Waals surface area (Å²) in [5, 5.41) is 5.09. The minimum Gasteiger partial charge on any atom is -0.338 e. The van der Waals surface area contributed by atoms with Gasteiger partial charge in [0.25, 0.3) is 0 Å². The summed E-state index contributed by atoms with van der Waals surface area (Å²) in [6.07, 6.45) is -4.41. The van der Waals surface area contributed by atoms with E-state index in [1.807, 2.05) is 0 Å². The van der Waals surface area contributed by atoms with Crippen molar-refractivity contribution >= 4 is 11.3 Å². The van der Waals surface area contributed by atoms with Crippen molar-refractivity contribution in [1.29, 1.82) is 0 Å². The Morgan fingerprint density at radius 2 is 2.10 bits per heavy atom. The Balaban J connectivity index is 1.94. The van der Waals surface area contributed by atoms with Gasteiger partial charge in [-0.1, -0.05) is 5.16 Å². The summed E-state index contributed by atoms with van der Waals surface area (Å²) in [5.41, 5.74) is 4.47. The zero-order valence-electron chi connectivity index (χ0n) is 10.5. The molecule has 0 radical (unpaired) electrons. The van der Waals surface area contributed by atoms with Crippen molar-refractivity contribution in [1.82, 2.24) is 20.0 Å². The lowest BCUT2D eigenvalue weighted by molar-refractivity contribution is -0.140. The summed E-state index contributed by atoms with van der Waals surface area (Å²) >= 11 is 0.968. The Hall–Kier alpha value is -1.52. The van der Waals surface area contributed by atoms with Crippen molar-refractivity contribution in [2.75, 3.05) is 7.05 Å². The summed E-state index contributed by atoms with van der Waals surface area (Å²) in [7, 11) is 1.73. The van der Waals surface area contributed by atoms with Gasteiger partial charge in [0, 0.05) is 5.38 Å². The van der Waals surface area contributed by atoms with E-state index in [1.54, 1.807) is 11.9 Å². The molecule has 0 aliphatic heterocycles. The van der Waals surface area contributed by atoms with Gasteiger partial charge in [-0.3, -0.25) is 4.90 Å². The number of thiazole rings is 1. The Kier molecular flexibility index (Phi) is 4.35. The maximum atomic E-state index is 12.4. The van der Waals surface area contributed by atoms with Gasteiger partial charge in [0.2, 0.25) is 5.89 Å². The number of hydrogen-bond donors (Lipinski definition) is 1. The van der Waals surface area contributed by atoms with Crippen molar-refractivity contribution in [3.05, 3.63) is 27.8 Å². The van der Waals surface area contributed by atoms with Crippen molar-refractivity contribution < 1.29 is 17.7 Å². The second-order valence-electron chi connectivity index (χ2n) is 4.11. The topological polar surface area (TPSA) is 81.1 Å². The Morgan fingerprint density at radius 3 is 2.65 bits per heavy atom. The molecule has 10 heteroatoms. The highest BCUT2D eigenvalue weighted by molar-refractivity contribution is 7.09. The number of alkyl halides is 3. The second kappa shape index (κ2) is 5.85. The number of nitrogens with two attached hydrogens (primary N) is 1. The van der Waals surface area contributed by atoms with Gasteiger partial charge < -0.3 is 10.3 Å². The van der Waals surface area contributed by atoms with Crippen LogP contribution in [0.4, 0.5) is 13.2 Å². The molecule has 6 nitrogen and oxygen atoms in total. The molecule has 2 aromatic rings. The van der Waals surface area contributed by atoms with Gasteiger partial charge in [0.1, 0.15) is 5.01 Å². The Morgan fingerprint density at radius 1 is 1.35 bits per heavy atom. The summed E-state index contributed by atoms with van der Waals surface area (Å²) < 4.78 is 42.1. The lowest BCUT2D eigenvalue weighted by Gasteiger charge is -2.11. The van der Waals surface area contributed by atoms with Crippen molar-refractivity contribution in [3.63, 3.8) is 0 Å². The van der Waals surface area contributed by atoms with Crippen LogP contribution >= 0.6 is 11.3 Å². The molecule has 0 amide bonds. The molecule has 0 spiro atoms. The Labute approximate surface area is 116 Å². The van der Waals surface area contributed by atoms with E-state index in [4.69, 9.17) is 10.3 Å². The standard InChI is InChI=1S/C10H12F3N5OS/c1-18(3-7-16-8(2-14)19-17-7)4-9-15-6(5-20-9)10(11,12)13/h5H,2-4,14H2,1H3. The Bertz CT molecular complexity index is 567. The van der Waals surface area contributed by atoms with Gasteiger partial charge in [-0.05, 0) is 7.05 Å². The highest BCUT2D eigenvalue weighted by Crippen LogP contribution is 2.30. The molecule has 0 saturated heterocycles. The maximum Gasteiger partial charge on any atom is 0.434 e. The molecule has 2 N–H and O–H groups in total. The van der Waals surface area contributed by atoms with Gasteiger partial charge in [-0.25, -0.2) is 4.98 Å². The molecule has 0 aliphatic rings. The molecule has 2 rings (SSSR count). The molecule has 0 aliphatic carbocycles. The average Bonchev–Trinajstić information content (AvgIpc) is 2.97. The summed E-state index contributed by atoms with van der Waals surface area (Å²) in [4.78, 5) is 9.31. The molecule has 0 aromatic carbocycles. The van der Waals surface area contributed by atoms with Crippen LogP contribution in [0, 0.1) is 0 Å². The minimum absolute atomic E-state index is 0.151. The average molecular weight is 307 g/mol. The zero-order valence-corrected chi connectivity index (χ0v) is 11.3. The molecule has 20 heavy (non-hydrogen) atoms. The smallest absolute Gasteiger partial charge is 0.338 e. The first-order valence-electron chi connectivity index (χ1n) is 5.60. The third kappa shape index (κ3) is 3.74. The predicted octanol–water partition coefficient (Wildman–Crippen LogP) is 1.64. The van der Waals surface area contributed by atoms with E-state index < -0.39 is 11.9 Å². The van der Waals surface area contributed by atoms with E-state index in [-0.39, 0.29) is 13.1 Å². The molecule has 0 saturated carbocycles. The number of hydrogen-bond acceptors (Lipinski definition) is 7. The first-order valence-corrected chi connectivity index (χ1v) is 6.48. The van der Waals surface area contributed by atoms with E-state index in [9.17, 15) is 13.2 Å². The molecular weight excluding hydrogens is 295 g/mol. The highest BCUT2D eigenvalue weighted by atomic mass is 32.1. The van der Waals surface area contributed by atoms with E-state index in [0.717, 1.165) is 16.7 Å². The van der Waals surface area contributed by atoms with Gasteiger partial charge in [-0.2, -0.15) is 18.2 Å². The van der Waals surface area contributed by atoms with E-state index in [0.29, 0.717) is 23.3 Å². The zero-order chi connectivity index (χ0) is 14.8. The molecule has 110 valence electrons. The van der Waals surface area contributed by atoms with E-state index >= 15 is 0 Å². The fraction of sp³-hybridized carbons (Fsp3) is 0.500. The van der Waals surface area contributed by atoms with E-state index in [2.05, 4.69) is 15.1 Å². The van der Waals surface area contributed by atoms with Crippen LogP contribution < -0.4 is 5.73 Å². The molecule has 0 unspecified atom stereocenters. The molecule has 2 aromatic heterocycles. The van der Waals surface area contributed by atoms with Gasteiger partial charge in [0.15, 0.2) is 11.5 Å². The second-order valence-corrected chi connectivity index (χ2v) is 5.05. The number of halogens is 3. The van der Waals surface area contributed by atoms with Crippen LogP contribution in [0.5, 0.6) is 0 Å². The normalized spacial score (nSPS) is 12.3. The van der Waals surface area contributed by atoms with Crippen molar-refractivity contribution in [2.45, 2.75) is 25.8 Å². The molecule has 0 fully saturated rings. The van der Waals surface area contributed by atoms with Crippen molar-refractivity contribution in [2.24, 2.45) is 5.73 Å². The maximum absolute atomic E-state index is 12.4. The van der Waals surface area contributed by atoms with Crippen LogP contribution in [0.15, 0.2) is 9.90 Å². The molecule has 2 heterocycles. The molecular formula is C10H12F3N5OS. The summed E-state index contributed by atoms with van der Waals surface area (Å²) in [5.74, 6) is 0.752. The van der Waals surface area contributed by atoms with Crippen LogP contribution in [0.25, 0.3) is 0 Å².